The Morgan fingerprint density at radius 2 is 2.00 bits per heavy atom. The Morgan fingerprint density at radius 3 is 2.42 bits per heavy atom. The molecule has 0 heterocycles. The van der Waals surface area contributed by atoms with Gasteiger partial charge in [-0.2, -0.15) is 0 Å². The van der Waals surface area contributed by atoms with E-state index in [9.17, 15) is 22.9 Å². The van der Waals surface area contributed by atoms with Crippen LogP contribution in [0.4, 0.5) is 15.8 Å². The minimum absolute atomic E-state index is 0.000560. The molecule has 0 aliphatic heterocycles. The Bertz CT molecular complexity index is 599. The Kier molecular flexibility index (Phi) is 4.14. The summed E-state index contributed by atoms with van der Waals surface area (Å²) in [6.45, 7) is 3.03. The number of nitrogens with zero attached hydrogens (tertiary/aromatic N) is 1. The third kappa shape index (κ3) is 3.63. The number of non-ortho nitro benzene ring substituents is 1. The highest BCUT2D eigenvalue weighted by molar-refractivity contribution is 7.92. The van der Waals surface area contributed by atoms with Gasteiger partial charge in [0.1, 0.15) is 0 Å². The number of sulfone groups is 1. The fourth-order valence-electron chi connectivity index (χ4n) is 1.20. The lowest BCUT2D eigenvalue weighted by molar-refractivity contribution is -0.385. The highest BCUT2D eigenvalue weighted by Gasteiger charge is 2.30. The number of halogens is 1. The summed E-state index contributed by atoms with van der Waals surface area (Å²) in [5.41, 5.74) is -0.326. The first-order chi connectivity index (χ1) is 8.54. The van der Waals surface area contributed by atoms with Gasteiger partial charge in [-0.25, -0.2) is 12.8 Å². The van der Waals surface area contributed by atoms with E-state index in [0.29, 0.717) is 0 Å². The van der Waals surface area contributed by atoms with Crippen LogP contribution in [0.25, 0.3) is 0 Å². The molecule has 0 aliphatic carbocycles. The number of hydrogen-bond donors (Lipinski definition) is 1. The van der Waals surface area contributed by atoms with Gasteiger partial charge in [0.05, 0.1) is 21.4 Å². The van der Waals surface area contributed by atoms with Crippen LogP contribution in [-0.2, 0) is 9.84 Å². The zero-order valence-electron chi connectivity index (χ0n) is 10.8. The van der Waals surface area contributed by atoms with Crippen LogP contribution in [0.5, 0.6) is 0 Å². The van der Waals surface area contributed by atoms with Crippen molar-refractivity contribution in [2.75, 3.05) is 18.1 Å². The molecule has 0 atom stereocenters. The van der Waals surface area contributed by atoms with E-state index in [-0.39, 0.29) is 17.9 Å². The number of benzene rings is 1. The van der Waals surface area contributed by atoms with Gasteiger partial charge < -0.3 is 5.32 Å². The highest BCUT2D eigenvalue weighted by atomic mass is 32.2. The van der Waals surface area contributed by atoms with E-state index in [2.05, 4.69) is 5.32 Å². The van der Waals surface area contributed by atoms with Crippen molar-refractivity contribution < 1.29 is 17.7 Å². The third-order valence-electron chi connectivity index (χ3n) is 2.87. The van der Waals surface area contributed by atoms with Gasteiger partial charge in [0.15, 0.2) is 15.7 Å². The maximum Gasteiger partial charge on any atom is 0.272 e. The molecule has 0 saturated carbocycles. The predicted octanol–water partition coefficient (Wildman–Crippen LogP) is 1.97. The van der Waals surface area contributed by atoms with Crippen molar-refractivity contribution in [3.63, 3.8) is 0 Å². The summed E-state index contributed by atoms with van der Waals surface area (Å²) in [5.74, 6) is -0.793. The van der Waals surface area contributed by atoms with Crippen LogP contribution in [0.1, 0.15) is 13.8 Å². The van der Waals surface area contributed by atoms with Crippen LogP contribution < -0.4 is 5.32 Å². The van der Waals surface area contributed by atoms with Crippen LogP contribution in [0, 0.1) is 15.9 Å². The van der Waals surface area contributed by atoms with Gasteiger partial charge in [-0.1, -0.05) is 0 Å². The molecule has 106 valence electrons. The minimum Gasteiger partial charge on any atom is -0.381 e. The Hall–Kier alpha value is -1.70. The zero-order chi connectivity index (χ0) is 14.8. The van der Waals surface area contributed by atoms with Gasteiger partial charge >= 0.3 is 0 Å². The van der Waals surface area contributed by atoms with E-state index in [0.717, 1.165) is 18.4 Å². The predicted molar refractivity (Wildman–Crippen MR) is 70.5 cm³/mol. The van der Waals surface area contributed by atoms with Gasteiger partial charge in [-0.05, 0) is 19.9 Å². The molecule has 0 aliphatic rings. The second-order valence-electron chi connectivity index (χ2n) is 4.81. The number of hydrogen-bond acceptors (Lipinski definition) is 5. The molecule has 0 fully saturated rings. The van der Waals surface area contributed by atoms with Gasteiger partial charge in [0.25, 0.3) is 5.69 Å². The standard InChI is InChI=1S/C11H15FN2O4S/c1-11(2,19(3,17)18)7-13-10-5-4-8(14(15)16)6-9(10)12/h4-6,13H,7H2,1-3H3. The Morgan fingerprint density at radius 1 is 1.42 bits per heavy atom. The second-order valence-corrected chi connectivity index (χ2v) is 7.46. The molecule has 0 bridgehead atoms. The quantitative estimate of drug-likeness (QED) is 0.661. The molecule has 6 nitrogen and oxygen atoms in total. The second kappa shape index (κ2) is 5.12. The van der Waals surface area contributed by atoms with Gasteiger partial charge in [-0.3, -0.25) is 10.1 Å². The van der Waals surface area contributed by atoms with Crippen molar-refractivity contribution in [1.29, 1.82) is 0 Å². The summed E-state index contributed by atoms with van der Waals surface area (Å²) in [6, 6.07) is 3.15. The maximum absolute atomic E-state index is 13.6. The summed E-state index contributed by atoms with van der Waals surface area (Å²) in [7, 11) is -3.30. The zero-order valence-corrected chi connectivity index (χ0v) is 11.6. The monoisotopic (exact) mass is 290 g/mol. The summed E-state index contributed by atoms with van der Waals surface area (Å²) in [6.07, 6.45) is 1.10. The minimum atomic E-state index is -3.30. The Labute approximate surface area is 110 Å². The number of nitro benzene ring substituents is 1. The Balaban J connectivity index is 2.88. The molecule has 0 spiro atoms. The van der Waals surface area contributed by atoms with Crippen LogP contribution in [0.3, 0.4) is 0 Å². The van der Waals surface area contributed by atoms with Gasteiger partial charge in [0.2, 0.25) is 0 Å². The molecular weight excluding hydrogens is 275 g/mol. The summed E-state index contributed by atoms with van der Waals surface area (Å²) in [4.78, 5) is 9.75. The average molecular weight is 290 g/mol. The molecule has 0 amide bonds. The number of nitrogens with one attached hydrogen (secondary N) is 1. The number of anilines is 1. The van der Waals surface area contributed by atoms with Crippen molar-refractivity contribution in [1.82, 2.24) is 0 Å². The van der Waals surface area contributed by atoms with E-state index in [1.165, 1.54) is 19.9 Å². The van der Waals surface area contributed by atoms with Crippen molar-refractivity contribution in [2.24, 2.45) is 0 Å². The van der Waals surface area contributed by atoms with Gasteiger partial charge in [-0.15, -0.1) is 0 Å². The summed E-state index contributed by atoms with van der Waals surface area (Å²) >= 11 is 0. The van der Waals surface area contributed by atoms with E-state index >= 15 is 0 Å². The lowest BCUT2D eigenvalue weighted by Crippen LogP contribution is -2.38. The third-order valence-corrected chi connectivity index (χ3v) is 5.02. The van der Waals surface area contributed by atoms with E-state index < -0.39 is 25.3 Å². The summed E-state index contributed by atoms with van der Waals surface area (Å²) < 4.78 is 35.5. The van der Waals surface area contributed by atoms with Crippen molar-refractivity contribution in [3.05, 3.63) is 34.1 Å². The van der Waals surface area contributed by atoms with Crippen LogP contribution in [0.15, 0.2) is 18.2 Å². The highest BCUT2D eigenvalue weighted by Crippen LogP contribution is 2.22. The normalized spacial score (nSPS) is 12.2. The van der Waals surface area contributed by atoms with Crippen molar-refractivity contribution in [3.8, 4) is 0 Å². The molecule has 0 radical (unpaired) electrons. The SMILES string of the molecule is CC(C)(CNc1ccc([N+](=O)[O-])cc1F)S(C)(=O)=O. The molecule has 0 aromatic heterocycles. The van der Waals surface area contributed by atoms with Crippen LogP contribution in [0.2, 0.25) is 0 Å². The van der Waals surface area contributed by atoms with E-state index in [4.69, 9.17) is 0 Å². The smallest absolute Gasteiger partial charge is 0.272 e. The van der Waals surface area contributed by atoms with E-state index in [1.54, 1.807) is 0 Å². The largest absolute Gasteiger partial charge is 0.381 e. The molecule has 1 aromatic carbocycles. The first-order valence-electron chi connectivity index (χ1n) is 5.42. The van der Waals surface area contributed by atoms with E-state index in [1.807, 2.05) is 0 Å². The molecular formula is C11H15FN2O4S. The average Bonchev–Trinajstić information content (AvgIpc) is 2.25. The van der Waals surface area contributed by atoms with Crippen molar-refractivity contribution in [2.45, 2.75) is 18.6 Å². The first-order valence-corrected chi connectivity index (χ1v) is 7.31. The van der Waals surface area contributed by atoms with Crippen LogP contribution >= 0.6 is 0 Å². The molecule has 1 aromatic rings. The lowest BCUT2D eigenvalue weighted by Gasteiger charge is -2.23. The van der Waals surface area contributed by atoms with Crippen LogP contribution in [-0.4, -0.2) is 30.9 Å². The summed E-state index contributed by atoms with van der Waals surface area (Å²) in [5, 5.41) is 13.1. The molecule has 1 N–H and O–H groups in total. The molecule has 19 heavy (non-hydrogen) atoms. The maximum atomic E-state index is 13.6. The number of nitro groups is 1. The molecule has 1 rings (SSSR count). The number of rotatable bonds is 5. The lowest BCUT2D eigenvalue weighted by atomic mass is 10.2. The van der Waals surface area contributed by atoms with Crippen molar-refractivity contribution >= 4 is 21.2 Å². The molecule has 0 unspecified atom stereocenters. The topological polar surface area (TPSA) is 89.3 Å². The fourth-order valence-corrected chi connectivity index (χ4v) is 1.53. The first kappa shape index (κ1) is 15.4. The molecule has 8 heteroatoms. The van der Waals surface area contributed by atoms with Gasteiger partial charge in [0, 0.05) is 18.9 Å². The fraction of sp³-hybridized carbons (Fsp3) is 0.455. The molecule has 0 saturated heterocycles.